The molecular formula is C17H29N3O3S. The number of hydrogen-bond donors (Lipinski definition) is 3. The highest BCUT2D eigenvalue weighted by Crippen LogP contribution is 2.20. The number of allylic oxidation sites excluding steroid dienone is 2. The lowest BCUT2D eigenvalue weighted by molar-refractivity contribution is 0.0957. The van der Waals surface area contributed by atoms with E-state index in [4.69, 9.17) is 4.74 Å². The Morgan fingerprint density at radius 3 is 2.96 bits per heavy atom. The average Bonchev–Trinajstić information content (AvgIpc) is 3.03. The van der Waals surface area contributed by atoms with E-state index in [0.29, 0.717) is 29.2 Å². The second-order valence-corrected chi connectivity index (χ2v) is 6.79. The Morgan fingerprint density at radius 1 is 1.46 bits per heavy atom. The van der Waals surface area contributed by atoms with Crippen molar-refractivity contribution in [1.29, 1.82) is 0 Å². The highest BCUT2D eigenvalue weighted by molar-refractivity contribution is 7.15. The van der Waals surface area contributed by atoms with Crippen LogP contribution in [-0.4, -0.2) is 47.8 Å². The van der Waals surface area contributed by atoms with Crippen molar-refractivity contribution in [3.8, 4) is 5.19 Å². The Hall–Kier alpha value is -1.44. The van der Waals surface area contributed by atoms with E-state index in [1.165, 1.54) is 17.5 Å². The molecule has 0 aliphatic rings. The van der Waals surface area contributed by atoms with Crippen molar-refractivity contribution in [2.75, 3.05) is 19.7 Å². The van der Waals surface area contributed by atoms with Gasteiger partial charge < -0.3 is 20.5 Å². The monoisotopic (exact) mass is 355 g/mol. The van der Waals surface area contributed by atoms with Crippen LogP contribution in [0.15, 0.2) is 18.3 Å². The maximum absolute atomic E-state index is 12.0. The minimum absolute atomic E-state index is 0.135. The Kier molecular flexibility index (Phi) is 10.3. The molecule has 0 saturated carbocycles. The molecule has 0 aliphatic carbocycles. The zero-order chi connectivity index (χ0) is 17.8. The van der Waals surface area contributed by atoms with Crippen molar-refractivity contribution in [2.24, 2.45) is 0 Å². The fraction of sp³-hybridized carbons (Fsp3) is 0.647. The van der Waals surface area contributed by atoms with Crippen LogP contribution in [0.3, 0.4) is 0 Å². The van der Waals surface area contributed by atoms with Crippen LogP contribution in [0.5, 0.6) is 5.19 Å². The van der Waals surface area contributed by atoms with Gasteiger partial charge in [-0.3, -0.25) is 4.79 Å². The molecule has 1 aromatic rings. The van der Waals surface area contributed by atoms with Crippen LogP contribution in [0.4, 0.5) is 0 Å². The number of nitrogens with zero attached hydrogens (tertiary/aromatic N) is 1. The van der Waals surface area contributed by atoms with Crippen molar-refractivity contribution in [1.82, 2.24) is 15.6 Å². The zero-order valence-corrected chi connectivity index (χ0v) is 15.6. The van der Waals surface area contributed by atoms with Crippen LogP contribution in [0.25, 0.3) is 0 Å². The number of carbonyl (C=O) groups excluding carboxylic acids is 1. The predicted molar refractivity (Wildman–Crippen MR) is 97.8 cm³/mol. The van der Waals surface area contributed by atoms with Gasteiger partial charge in [0, 0.05) is 19.1 Å². The van der Waals surface area contributed by atoms with Gasteiger partial charge in [-0.25, -0.2) is 4.98 Å². The summed E-state index contributed by atoms with van der Waals surface area (Å²) in [6.45, 7) is 7.38. The van der Waals surface area contributed by atoms with Crippen molar-refractivity contribution in [3.05, 3.63) is 23.2 Å². The van der Waals surface area contributed by atoms with Crippen molar-refractivity contribution in [3.63, 3.8) is 0 Å². The summed E-state index contributed by atoms with van der Waals surface area (Å²) in [5, 5.41) is 16.2. The first-order valence-electron chi connectivity index (χ1n) is 8.46. The van der Waals surface area contributed by atoms with Gasteiger partial charge in [-0.05, 0) is 19.3 Å². The summed E-state index contributed by atoms with van der Waals surface area (Å²) in [7, 11) is 0. The molecule has 6 nitrogen and oxygen atoms in total. The summed E-state index contributed by atoms with van der Waals surface area (Å²) in [5.74, 6) is -0.135. The first-order chi connectivity index (χ1) is 11.5. The maximum Gasteiger partial charge on any atom is 0.273 e. The summed E-state index contributed by atoms with van der Waals surface area (Å²) >= 11 is 1.19. The molecule has 0 spiro atoms. The van der Waals surface area contributed by atoms with Gasteiger partial charge in [0.2, 0.25) is 0 Å². The Balaban J connectivity index is 2.26. The van der Waals surface area contributed by atoms with Gasteiger partial charge in [0.1, 0.15) is 17.6 Å². The highest BCUT2D eigenvalue weighted by Gasteiger charge is 2.12. The molecule has 1 rings (SSSR count). The Labute approximate surface area is 148 Å². The molecule has 0 fully saturated rings. The summed E-state index contributed by atoms with van der Waals surface area (Å²) in [5.41, 5.74) is 0. The lowest BCUT2D eigenvalue weighted by Gasteiger charge is -2.13. The van der Waals surface area contributed by atoms with Crippen LogP contribution in [0.2, 0.25) is 0 Å². The number of hydrogen-bond acceptors (Lipinski definition) is 6. The van der Waals surface area contributed by atoms with Crippen molar-refractivity contribution < 1.29 is 14.6 Å². The molecule has 0 radical (unpaired) electrons. The van der Waals surface area contributed by atoms with E-state index in [2.05, 4.69) is 34.7 Å². The van der Waals surface area contributed by atoms with Gasteiger partial charge in [0.25, 0.3) is 11.1 Å². The highest BCUT2D eigenvalue weighted by atomic mass is 32.1. The van der Waals surface area contributed by atoms with E-state index in [1.807, 2.05) is 13.8 Å². The van der Waals surface area contributed by atoms with Gasteiger partial charge in [-0.1, -0.05) is 44.3 Å². The SMILES string of the molecule is CC/C=C\CCCNC(=O)c1cnc(OCC(O)CNC(C)C)s1. The fourth-order valence-electron chi connectivity index (χ4n) is 1.82. The number of thiazole rings is 1. The normalized spacial score (nSPS) is 12.7. The summed E-state index contributed by atoms with van der Waals surface area (Å²) in [6, 6.07) is 0.312. The van der Waals surface area contributed by atoms with Gasteiger partial charge in [0.05, 0.1) is 6.20 Å². The number of carbonyl (C=O) groups is 1. The molecule has 0 aromatic carbocycles. The number of aliphatic hydroxyl groups excluding tert-OH is 1. The lowest BCUT2D eigenvalue weighted by atomic mass is 10.2. The third-order valence-electron chi connectivity index (χ3n) is 3.10. The third-order valence-corrected chi connectivity index (χ3v) is 4.01. The van der Waals surface area contributed by atoms with Crippen LogP contribution < -0.4 is 15.4 Å². The maximum atomic E-state index is 12.0. The Morgan fingerprint density at radius 2 is 2.25 bits per heavy atom. The van der Waals surface area contributed by atoms with E-state index in [-0.39, 0.29) is 12.5 Å². The zero-order valence-electron chi connectivity index (χ0n) is 14.7. The molecule has 1 amide bonds. The molecule has 24 heavy (non-hydrogen) atoms. The topological polar surface area (TPSA) is 83.5 Å². The molecule has 1 aromatic heterocycles. The smallest absolute Gasteiger partial charge is 0.273 e. The van der Waals surface area contributed by atoms with Crippen LogP contribution in [-0.2, 0) is 0 Å². The first-order valence-corrected chi connectivity index (χ1v) is 9.27. The summed E-state index contributed by atoms with van der Waals surface area (Å²) < 4.78 is 5.43. The molecule has 7 heteroatoms. The van der Waals surface area contributed by atoms with E-state index < -0.39 is 6.10 Å². The van der Waals surface area contributed by atoms with E-state index >= 15 is 0 Å². The molecule has 0 saturated heterocycles. The molecule has 1 atom stereocenters. The average molecular weight is 356 g/mol. The second kappa shape index (κ2) is 12.0. The largest absolute Gasteiger partial charge is 0.467 e. The third kappa shape index (κ3) is 9.00. The number of ether oxygens (including phenoxy) is 1. The molecular weight excluding hydrogens is 326 g/mol. The first kappa shape index (κ1) is 20.6. The molecule has 1 heterocycles. The summed E-state index contributed by atoms with van der Waals surface area (Å²) in [6.07, 6.45) is 8.07. The van der Waals surface area contributed by atoms with Crippen LogP contribution in [0, 0.1) is 0 Å². The minimum Gasteiger partial charge on any atom is -0.467 e. The lowest BCUT2D eigenvalue weighted by Crippen LogP contribution is -2.35. The fourth-order valence-corrected chi connectivity index (χ4v) is 2.51. The predicted octanol–water partition coefficient (Wildman–Crippen LogP) is 2.36. The molecule has 136 valence electrons. The van der Waals surface area contributed by atoms with E-state index in [1.54, 1.807) is 0 Å². The minimum atomic E-state index is -0.607. The van der Waals surface area contributed by atoms with Gasteiger partial charge in [-0.15, -0.1) is 0 Å². The summed E-state index contributed by atoms with van der Waals surface area (Å²) in [4.78, 5) is 16.6. The molecule has 0 aliphatic heterocycles. The van der Waals surface area contributed by atoms with E-state index in [9.17, 15) is 9.90 Å². The van der Waals surface area contributed by atoms with Gasteiger partial charge >= 0.3 is 0 Å². The number of rotatable bonds is 12. The van der Waals surface area contributed by atoms with Gasteiger partial charge in [0.15, 0.2) is 0 Å². The van der Waals surface area contributed by atoms with Crippen LogP contribution >= 0.6 is 11.3 Å². The standard InChI is InChI=1S/C17H29N3O3S/c1-4-5-6-7-8-9-18-16(22)15-11-20-17(24-15)23-12-14(21)10-19-13(2)3/h5-6,11,13-14,19,21H,4,7-10,12H2,1-3H3,(H,18,22)/b6-5-. The van der Waals surface area contributed by atoms with Crippen LogP contribution in [0.1, 0.15) is 49.7 Å². The molecule has 1 unspecified atom stereocenters. The number of aliphatic hydroxyl groups is 1. The Bertz CT molecular complexity index is 503. The van der Waals surface area contributed by atoms with Crippen molar-refractivity contribution in [2.45, 2.75) is 52.2 Å². The number of nitrogens with one attached hydrogen (secondary N) is 2. The second-order valence-electron chi connectivity index (χ2n) is 5.80. The quantitative estimate of drug-likeness (QED) is 0.396. The molecule has 0 bridgehead atoms. The number of unbranched alkanes of at least 4 members (excludes halogenated alkanes) is 1. The molecule has 3 N–H and O–H groups in total. The van der Waals surface area contributed by atoms with Crippen molar-refractivity contribution >= 4 is 17.2 Å². The number of amides is 1. The van der Waals surface area contributed by atoms with Gasteiger partial charge in [-0.2, -0.15) is 0 Å². The number of aromatic nitrogens is 1. The van der Waals surface area contributed by atoms with E-state index in [0.717, 1.165) is 19.3 Å².